The minimum Gasteiger partial charge on any atom is -0.367 e. The Labute approximate surface area is 138 Å². The van der Waals surface area contributed by atoms with Gasteiger partial charge in [-0.05, 0) is 51.9 Å². The highest BCUT2D eigenvalue weighted by atomic mass is 32.1. The van der Waals surface area contributed by atoms with E-state index in [0.717, 1.165) is 24.7 Å². The van der Waals surface area contributed by atoms with Gasteiger partial charge in [0.15, 0.2) is 0 Å². The zero-order valence-corrected chi connectivity index (χ0v) is 13.6. The molecule has 1 aliphatic heterocycles. The maximum absolute atomic E-state index is 6.09. The molecule has 3 aromatic rings. The fraction of sp³-hybridized carbons (Fsp3) is 0.312. The molecule has 0 N–H and O–H groups in total. The number of ether oxygens (including phenoxy) is 1. The fourth-order valence-electron chi connectivity index (χ4n) is 2.87. The lowest BCUT2D eigenvalue weighted by atomic mass is 10.1. The Morgan fingerprint density at radius 1 is 1.17 bits per heavy atom. The number of hydrogen-bond donors (Lipinski definition) is 0. The van der Waals surface area contributed by atoms with Crippen molar-refractivity contribution in [3.63, 3.8) is 0 Å². The highest BCUT2D eigenvalue weighted by molar-refractivity contribution is 7.07. The highest BCUT2D eigenvalue weighted by Crippen LogP contribution is 2.29. The summed E-state index contributed by atoms with van der Waals surface area (Å²) >= 11 is 1.69. The number of benzene rings is 1. The molecule has 0 bridgehead atoms. The van der Waals surface area contributed by atoms with Gasteiger partial charge in [0.05, 0.1) is 18.3 Å². The molecule has 6 nitrogen and oxygen atoms in total. The van der Waals surface area contributed by atoms with Crippen molar-refractivity contribution >= 4 is 17.3 Å². The van der Waals surface area contributed by atoms with Crippen LogP contribution in [0.25, 0.3) is 5.69 Å². The van der Waals surface area contributed by atoms with Crippen LogP contribution in [0.5, 0.6) is 0 Å². The fourth-order valence-corrected chi connectivity index (χ4v) is 3.57. The summed E-state index contributed by atoms with van der Waals surface area (Å²) in [6, 6.07) is 12.1. The second-order valence-electron chi connectivity index (χ2n) is 5.62. The topological polar surface area (TPSA) is 56.1 Å². The number of hydrogen-bond acceptors (Lipinski definition) is 6. The van der Waals surface area contributed by atoms with Crippen LogP contribution >= 0.6 is 11.3 Å². The Balaban J connectivity index is 1.64. The van der Waals surface area contributed by atoms with E-state index in [2.05, 4.69) is 44.2 Å². The van der Waals surface area contributed by atoms with E-state index in [1.807, 2.05) is 30.3 Å². The first-order valence-electron chi connectivity index (χ1n) is 7.57. The summed E-state index contributed by atoms with van der Waals surface area (Å²) < 4.78 is 7.87. The van der Waals surface area contributed by atoms with Gasteiger partial charge in [-0.2, -0.15) is 16.0 Å². The normalized spacial score (nSPS) is 21.5. The predicted molar refractivity (Wildman–Crippen MR) is 89.0 cm³/mol. The average Bonchev–Trinajstić information content (AvgIpc) is 3.27. The molecule has 1 saturated heterocycles. The molecule has 0 saturated carbocycles. The first-order chi connectivity index (χ1) is 11.3. The van der Waals surface area contributed by atoms with Gasteiger partial charge in [-0.25, -0.2) is 0 Å². The van der Waals surface area contributed by atoms with Crippen LogP contribution in [0.1, 0.15) is 18.6 Å². The lowest BCUT2D eigenvalue weighted by Crippen LogP contribution is -2.44. The third kappa shape index (κ3) is 2.85. The summed E-state index contributed by atoms with van der Waals surface area (Å²) in [7, 11) is 0. The minimum atomic E-state index is 0.0472. The largest absolute Gasteiger partial charge is 0.367 e. The highest BCUT2D eigenvalue weighted by Gasteiger charge is 2.29. The number of thiophene rings is 1. The molecular formula is C16H17N5OS. The minimum absolute atomic E-state index is 0.0472. The van der Waals surface area contributed by atoms with Crippen LogP contribution in [0.2, 0.25) is 0 Å². The second kappa shape index (κ2) is 6.10. The van der Waals surface area contributed by atoms with Crippen LogP contribution in [0, 0.1) is 0 Å². The van der Waals surface area contributed by atoms with Gasteiger partial charge in [0, 0.05) is 6.54 Å². The van der Waals surface area contributed by atoms with Crippen LogP contribution in [-0.2, 0) is 4.74 Å². The van der Waals surface area contributed by atoms with Gasteiger partial charge in [0.25, 0.3) is 5.95 Å². The molecule has 2 atom stereocenters. The molecule has 0 spiro atoms. The number of morpholine rings is 1. The van der Waals surface area contributed by atoms with Crippen LogP contribution in [0.15, 0.2) is 47.2 Å². The zero-order valence-electron chi connectivity index (χ0n) is 12.7. The van der Waals surface area contributed by atoms with Gasteiger partial charge < -0.3 is 9.64 Å². The summed E-state index contributed by atoms with van der Waals surface area (Å²) in [5, 5.41) is 16.5. The third-order valence-corrected chi connectivity index (χ3v) is 4.61. The van der Waals surface area contributed by atoms with Crippen molar-refractivity contribution in [1.82, 2.24) is 20.2 Å². The van der Waals surface area contributed by atoms with E-state index in [-0.39, 0.29) is 12.2 Å². The van der Waals surface area contributed by atoms with Gasteiger partial charge in [0.1, 0.15) is 6.10 Å². The van der Waals surface area contributed by atoms with Crippen molar-refractivity contribution in [1.29, 1.82) is 0 Å². The van der Waals surface area contributed by atoms with E-state index in [1.165, 1.54) is 5.56 Å². The maximum Gasteiger partial charge on any atom is 0.250 e. The molecule has 1 fully saturated rings. The third-order valence-electron chi connectivity index (χ3n) is 3.91. The van der Waals surface area contributed by atoms with Gasteiger partial charge in [-0.15, -0.1) is 0 Å². The lowest BCUT2D eigenvalue weighted by Gasteiger charge is -2.36. The summed E-state index contributed by atoms with van der Waals surface area (Å²) in [5.74, 6) is 0.756. The smallest absolute Gasteiger partial charge is 0.250 e. The van der Waals surface area contributed by atoms with Crippen LogP contribution in [0.3, 0.4) is 0 Å². The van der Waals surface area contributed by atoms with E-state index in [4.69, 9.17) is 4.74 Å². The van der Waals surface area contributed by atoms with Crippen LogP contribution in [0.4, 0.5) is 5.95 Å². The van der Waals surface area contributed by atoms with Gasteiger partial charge in [0.2, 0.25) is 0 Å². The number of nitrogens with zero attached hydrogens (tertiary/aromatic N) is 5. The molecular weight excluding hydrogens is 310 g/mol. The van der Waals surface area contributed by atoms with Crippen molar-refractivity contribution < 1.29 is 4.74 Å². The van der Waals surface area contributed by atoms with E-state index >= 15 is 0 Å². The molecule has 3 heterocycles. The van der Waals surface area contributed by atoms with E-state index in [9.17, 15) is 0 Å². The van der Waals surface area contributed by atoms with Gasteiger partial charge in [-0.3, -0.25) is 0 Å². The second-order valence-corrected chi connectivity index (χ2v) is 6.40. The molecule has 0 amide bonds. The van der Waals surface area contributed by atoms with Crippen molar-refractivity contribution in [2.45, 2.75) is 19.1 Å². The summed E-state index contributed by atoms with van der Waals surface area (Å²) in [6.07, 6.45) is 0.167. The van der Waals surface area contributed by atoms with Crippen LogP contribution < -0.4 is 4.90 Å². The van der Waals surface area contributed by atoms with E-state index in [0.29, 0.717) is 0 Å². The molecule has 4 rings (SSSR count). The number of rotatable bonds is 3. The molecule has 0 radical (unpaired) electrons. The molecule has 2 aromatic heterocycles. The average molecular weight is 327 g/mol. The Kier molecular flexibility index (Phi) is 3.80. The molecule has 1 aliphatic rings. The quantitative estimate of drug-likeness (QED) is 0.740. The Morgan fingerprint density at radius 2 is 2.04 bits per heavy atom. The number of anilines is 1. The van der Waals surface area contributed by atoms with Crippen molar-refractivity contribution in [2.75, 3.05) is 18.0 Å². The summed E-state index contributed by atoms with van der Waals surface area (Å²) in [6.45, 7) is 3.60. The molecule has 0 aliphatic carbocycles. The van der Waals surface area contributed by atoms with Crippen LogP contribution in [-0.4, -0.2) is 39.4 Å². The first kappa shape index (κ1) is 14.3. The molecule has 7 heteroatoms. The number of aromatic nitrogens is 4. The summed E-state index contributed by atoms with van der Waals surface area (Å²) in [4.78, 5) is 2.20. The van der Waals surface area contributed by atoms with Crippen molar-refractivity contribution in [3.05, 3.63) is 52.7 Å². The standard InChI is InChI=1S/C16H17N5OS/c1-12-9-20(10-15(22-12)13-7-8-23-11-13)16-17-18-19-21(16)14-5-3-2-4-6-14/h2-8,11-12,15H,9-10H2,1H3/t12-,15-/m0/s1. The molecule has 0 unspecified atom stereocenters. The molecule has 23 heavy (non-hydrogen) atoms. The number of tetrazole rings is 1. The SMILES string of the molecule is C[C@H]1CN(c2nnnn2-c2ccccc2)C[C@@H](c2ccsc2)O1. The maximum atomic E-state index is 6.09. The lowest BCUT2D eigenvalue weighted by molar-refractivity contribution is -0.0177. The van der Waals surface area contributed by atoms with Gasteiger partial charge in [-0.1, -0.05) is 23.3 Å². The Hall–Kier alpha value is -2.25. The molecule has 118 valence electrons. The summed E-state index contributed by atoms with van der Waals surface area (Å²) in [5.41, 5.74) is 2.17. The van der Waals surface area contributed by atoms with Gasteiger partial charge >= 0.3 is 0 Å². The van der Waals surface area contributed by atoms with E-state index < -0.39 is 0 Å². The number of para-hydroxylation sites is 1. The Morgan fingerprint density at radius 3 is 2.83 bits per heavy atom. The predicted octanol–water partition coefficient (Wildman–Crippen LogP) is 2.69. The molecule has 1 aromatic carbocycles. The zero-order chi connectivity index (χ0) is 15.6. The van der Waals surface area contributed by atoms with Crippen molar-refractivity contribution in [2.24, 2.45) is 0 Å². The van der Waals surface area contributed by atoms with E-state index in [1.54, 1.807) is 16.0 Å². The van der Waals surface area contributed by atoms with Crippen molar-refractivity contribution in [3.8, 4) is 5.69 Å². The monoisotopic (exact) mass is 327 g/mol. The Bertz CT molecular complexity index is 758. The first-order valence-corrected chi connectivity index (χ1v) is 8.52.